The van der Waals surface area contributed by atoms with E-state index in [1.807, 2.05) is 0 Å². The first-order valence-electron chi connectivity index (χ1n) is 7.29. The smallest absolute Gasteiger partial charge is 0.257 e. The molecule has 1 aromatic carbocycles. The van der Waals surface area contributed by atoms with Gasteiger partial charge in [-0.15, -0.1) is 0 Å². The highest BCUT2D eigenvalue weighted by atomic mass is 16.5. The van der Waals surface area contributed by atoms with Gasteiger partial charge in [0, 0.05) is 51.0 Å². The van der Waals surface area contributed by atoms with Crippen LogP contribution in [0.15, 0.2) is 24.3 Å². The van der Waals surface area contributed by atoms with Gasteiger partial charge in [0.1, 0.15) is 5.75 Å². The van der Waals surface area contributed by atoms with Crippen LogP contribution in [0.2, 0.25) is 0 Å². The minimum absolute atomic E-state index is 0.0200. The number of piperazine rings is 1. The molecule has 0 spiro atoms. The fraction of sp³-hybridized carbons (Fsp3) is 0.533. The SMILES string of the molecule is CN1CCN(CCNC(=O)COc2cccc(N)c2)CC1. The molecule has 1 amide bonds. The Morgan fingerprint density at radius 3 is 2.81 bits per heavy atom. The van der Waals surface area contributed by atoms with Crippen LogP contribution in [0, 0.1) is 0 Å². The number of nitrogens with one attached hydrogen (secondary N) is 1. The Labute approximate surface area is 125 Å². The molecule has 2 rings (SSSR count). The molecule has 0 atom stereocenters. The third-order valence-corrected chi connectivity index (χ3v) is 3.57. The van der Waals surface area contributed by atoms with Gasteiger partial charge in [-0.1, -0.05) is 6.07 Å². The Balaban J connectivity index is 1.59. The van der Waals surface area contributed by atoms with E-state index in [1.165, 1.54) is 0 Å². The maximum atomic E-state index is 11.7. The van der Waals surface area contributed by atoms with Crippen molar-refractivity contribution in [1.29, 1.82) is 0 Å². The number of nitrogens with zero attached hydrogens (tertiary/aromatic N) is 2. The Kier molecular flexibility index (Phi) is 5.83. The molecule has 0 aromatic heterocycles. The summed E-state index contributed by atoms with van der Waals surface area (Å²) in [5, 5.41) is 2.88. The number of nitrogens with two attached hydrogens (primary N) is 1. The van der Waals surface area contributed by atoms with Gasteiger partial charge in [0.2, 0.25) is 0 Å². The van der Waals surface area contributed by atoms with Crippen molar-refractivity contribution >= 4 is 11.6 Å². The molecular weight excluding hydrogens is 268 g/mol. The molecule has 1 saturated heterocycles. The van der Waals surface area contributed by atoms with Crippen LogP contribution < -0.4 is 15.8 Å². The number of carbonyl (C=O) groups excluding carboxylic acids is 1. The van der Waals surface area contributed by atoms with Crippen LogP contribution in [0.3, 0.4) is 0 Å². The Bertz CT molecular complexity index is 459. The molecule has 1 aliphatic heterocycles. The van der Waals surface area contributed by atoms with E-state index in [9.17, 15) is 4.79 Å². The third kappa shape index (κ3) is 5.61. The molecule has 1 aliphatic rings. The summed E-state index contributed by atoms with van der Waals surface area (Å²) in [6, 6.07) is 7.07. The molecule has 0 saturated carbocycles. The fourth-order valence-corrected chi connectivity index (χ4v) is 2.23. The predicted molar refractivity (Wildman–Crippen MR) is 83.3 cm³/mol. The minimum atomic E-state index is -0.105. The minimum Gasteiger partial charge on any atom is -0.484 e. The van der Waals surface area contributed by atoms with Crippen LogP contribution in [0.1, 0.15) is 0 Å². The first kappa shape index (κ1) is 15.6. The fourth-order valence-electron chi connectivity index (χ4n) is 2.23. The standard InChI is InChI=1S/C15H24N4O2/c1-18-7-9-19(10-8-18)6-5-17-15(20)12-21-14-4-2-3-13(16)11-14/h2-4,11H,5-10,12,16H2,1H3,(H,17,20). The lowest BCUT2D eigenvalue weighted by Crippen LogP contribution is -2.47. The van der Waals surface area contributed by atoms with Gasteiger partial charge >= 0.3 is 0 Å². The summed E-state index contributed by atoms with van der Waals surface area (Å²) in [4.78, 5) is 16.4. The molecule has 1 fully saturated rings. The molecule has 0 bridgehead atoms. The predicted octanol–water partition coefficient (Wildman–Crippen LogP) is 0.0112. The van der Waals surface area contributed by atoms with Crippen LogP contribution in [-0.4, -0.2) is 68.6 Å². The van der Waals surface area contributed by atoms with E-state index in [4.69, 9.17) is 10.5 Å². The molecular formula is C15H24N4O2. The maximum absolute atomic E-state index is 11.7. The van der Waals surface area contributed by atoms with Gasteiger partial charge in [-0.2, -0.15) is 0 Å². The van der Waals surface area contributed by atoms with Crippen LogP contribution in [0.25, 0.3) is 0 Å². The normalized spacial score (nSPS) is 16.6. The lowest BCUT2D eigenvalue weighted by molar-refractivity contribution is -0.123. The quantitative estimate of drug-likeness (QED) is 0.723. The molecule has 116 valence electrons. The molecule has 6 heteroatoms. The Hall–Kier alpha value is -1.79. The molecule has 1 heterocycles. The number of hydrogen-bond acceptors (Lipinski definition) is 5. The molecule has 0 unspecified atom stereocenters. The van der Waals surface area contributed by atoms with Gasteiger partial charge < -0.3 is 20.7 Å². The zero-order chi connectivity index (χ0) is 15.1. The number of ether oxygens (including phenoxy) is 1. The van der Waals surface area contributed by atoms with Crippen LogP contribution in [0.5, 0.6) is 5.75 Å². The summed E-state index contributed by atoms with van der Waals surface area (Å²) < 4.78 is 5.39. The molecule has 3 N–H and O–H groups in total. The van der Waals surface area contributed by atoms with Crippen molar-refractivity contribution in [3.8, 4) is 5.75 Å². The number of nitrogen functional groups attached to an aromatic ring is 1. The van der Waals surface area contributed by atoms with E-state index in [0.29, 0.717) is 18.0 Å². The molecule has 0 aliphatic carbocycles. The van der Waals surface area contributed by atoms with Crippen molar-refractivity contribution in [3.63, 3.8) is 0 Å². The van der Waals surface area contributed by atoms with Crippen molar-refractivity contribution in [2.75, 3.05) is 58.7 Å². The topological polar surface area (TPSA) is 70.8 Å². The van der Waals surface area contributed by atoms with Crippen molar-refractivity contribution in [2.24, 2.45) is 0 Å². The zero-order valence-corrected chi connectivity index (χ0v) is 12.5. The van der Waals surface area contributed by atoms with E-state index in [-0.39, 0.29) is 12.5 Å². The number of carbonyl (C=O) groups is 1. The van der Waals surface area contributed by atoms with Crippen molar-refractivity contribution in [3.05, 3.63) is 24.3 Å². The maximum Gasteiger partial charge on any atom is 0.257 e. The second-order valence-corrected chi connectivity index (χ2v) is 5.36. The summed E-state index contributed by atoms with van der Waals surface area (Å²) in [5.74, 6) is 0.510. The lowest BCUT2D eigenvalue weighted by atomic mass is 10.3. The molecule has 6 nitrogen and oxygen atoms in total. The van der Waals surface area contributed by atoms with Crippen LogP contribution >= 0.6 is 0 Å². The zero-order valence-electron chi connectivity index (χ0n) is 12.5. The van der Waals surface area contributed by atoms with Crippen LogP contribution in [0.4, 0.5) is 5.69 Å². The first-order chi connectivity index (χ1) is 10.1. The highest BCUT2D eigenvalue weighted by molar-refractivity contribution is 5.77. The van der Waals surface area contributed by atoms with E-state index in [0.717, 1.165) is 32.7 Å². The van der Waals surface area contributed by atoms with Gasteiger partial charge in [0.15, 0.2) is 6.61 Å². The van der Waals surface area contributed by atoms with Gasteiger partial charge in [-0.3, -0.25) is 9.69 Å². The number of amides is 1. The number of rotatable bonds is 6. The van der Waals surface area contributed by atoms with E-state index in [1.54, 1.807) is 24.3 Å². The summed E-state index contributed by atoms with van der Waals surface area (Å²) in [6.07, 6.45) is 0. The largest absolute Gasteiger partial charge is 0.484 e. The van der Waals surface area contributed by atoms with Crippen molar-refractivity contribution < 1.29 is 9.53 Å². The van der Waals surface area contributed by atoms with Gasteiger partial charge in [0.25, 0.3) is 5.91 Å². The highest BCUT2D eigenvalue weighted by Gasteiger charge is 2.13. The molecule has 21 heavy (non-hydrogen) atoms. The second-order valence-electron chi connectivity index (χ2n) is 5.36. The van der Waals surface area contributed by atoms with Gasteiger partial charge in [0.05, 0.1) is 0 Å². The van der Waals surface area contributed by atoms with Crippen molar-refractivity contribution in [1.82, 2.24) is 15.1 Å². The number of likely N-dealkylation sites (N-methyl/N-ethyl adjacent to an activating group) is 1. The van der Waals surface area contributed by atoms with Crippen LogP contribution in [-0.2, 0) is 4.79 Å². The Morgan fingerprint density at radius 1 is 1.33 bits per heavy atom. The number of benzene rings is 1. The van der Waals surface area contributed by atoms with Gasteiger partial charge in [-0.25, -0.2) is 0 Å². The summed E-state index contributed by atoms with van der Waals surface area (Å²) in [5.41, 5.74) is 6.28. The van der Waals surface area contributed by atoms with E-state index < -0.39 is 0 Å². The average molecular weight is 292 g/mol. The summed E-state index contributed by atoms with van der Waals surface area (Å²) in [6.45, 7) is 5.87. The highest BCUT2D eigenvalue weighted by Crippen LogP contribution is 2.13. The lowest BCUT2D eigenvalue weighted by Gasteiger charge is -2.32. The second kappa shape index (κ2) is 7.85. The molecule has 1 aromatic rings. The van der Waals surface area contributed by atoms with Gasteiger partial charge in [-0.05, 0) is 19.2 Å². The summed E-state index contributed by atoms with van der Waals surface area (Å²) >= 11 is 0. The average Bonchev–Trinajstić information content (AvgIpc) is 2.47. The number of anilines is 1. The summed E-state index contributed by atoms with van der Waals surface area (Å²) in [7, 11) is 2.13. The first-order valence-corrected chi connectivity index (χ1v) is 7.29. The van der Waals surface area contributed by atoms with E-state index in [2.05, 4.69) is 22.2 Å². The van der Waals surface area contributed by atoms with Crippen molar-refractivity contribution in [2.45, 2.75) is 0 Å². The Morgan fingerprint density at radius 2 is 2.10 bits per heavy atom. The number of hydrogen-bond donors (Lipinski definition) is 2. The monoisotopic (exact) mass is 292 g/mol. The van der Waals surface area contributed by atoms with E-state index >= 15 is 0 Å². The molecule has 0 radical (unpaired) electrons. The third-order valence-electron chi connectivity index (χ3n) is 3.57.